The molecule has 8 rings (SSSR count). The fourth-order valence-corrected chi connectivity index (χ4v) is 8.56. The predicted molar refractivity (Wildman–Crippen MR) is 197 cm³/mol. The molecule has 0 unspecified atom stereocenters. The van der Waals surface area contributed by atoms with E-state index in [2.05, 4.69) is 10.1 Å². The average Bonchev–Trinajstić information content (AvgIpc) is 3.77. The van der Waals surface area contributed by atoms with Crippen molar-refractivity contribution in [2.24, 2.45) is 19.8 Å². The van der Waals surface area contributed by atoms with Gasteiger partial charge in [0, 0.05) is 63.4 Å². The number of imidazole rings is 1. The normalized spacial score (nSPS) is 15.6. The van der Waals surface area contributed by atoms with Crippen molar-refractivity contribution < 1.29 is 32.0 Å². The predicted octanol–water partition coefficient (Wildman–Crippen LogP) is 5.42. The van der Waals surface area contributed by atoms with Crippen molar-refractivity contribution in [3.05, 3.63) is 123 Å². The maximum atomic E-state index is 15.9. The van der Waals surface area contributed by atoms with Gasteiger partial charge in [-0.25, -0.2) is 27.0 Å². The van der Waals surface area contributed by atoms with E-state index in [0.29, 0.717) is 22.2 Å². The number of benzene rings is 3. The molecule has 0 saturated heterocycles. The number of aryl methyl sites for hydroxylation is 2. The summed E-state index contributed by atoms with van der Waals surface area (Å²) in [6.45, 7) is 0.158. The van der Waals surface area contributed by atoms with E-state index in [1.165, 1.54) is 69.7 Å². The number of nitro benzene ring substituents is 1. The van der Waals surface area contributed by atoms with Crippen LogP contribution in [-0.4, -0.2) is 53.5 Å². The van der Waals surface area contributed by atoms with Gasteiger partial charge >= 0.3 is 11.8 Å². The molecule has 1 aliphatic carbocycles. The highest BCUT2D eigenvalue weighted by atomic mass is 32.2. The first-order valence-electron chi connectivity index (χ1n) is 16.9. The minimum Gasteiger partial charge on any atom is -0.431 e. The van der Waals surface area contributed by atoms with Crippen molar-refractivity contribution in [3.8, 4) is 28.1 Å². The molecule has 0 bridgehead atoms. The Labute approximate surface area is 311 Å². The molecule has 0 radical (unpaired) electrons. The summed E-state index contributed by atoms with van der Waals surface area (Å²) in [5.74, 6) is -0.874. The molecule has 16 nitrogen and oxygen atoms in total. The molecule has 7 aromatic rings. The van der Waals surface area contributed by atoms with Crippen LogP contribution in [0.4, 0.5) is 14.9 Å². The van der Waals surface area contributed by atoms with Gasteiger partial charge in [0.25, 0.3) is 15.7 Å². The highest BCUT2D eigenvalue weighted by Gasteiger charge is 2.39. The second kappa shape index (κ2) is 13.3. The van der Waals surface area contributed by atoms with Crippen molar-refractivity contribution in [2.75, 3.05) is 0 Å². The summed E-state index contributed by atoms with van der Waals surface area (Å²) in [6, 6.07) is 19.2. The maximum Gasteiger partial charge on any atom is 0.514 e. The lowest BCUT2D eigenvalue weighted by Crippen LogP contribution is -2.39. The Morgan fingerprint density at radius 2 is 1.78 bits per heavy atom. The molecule has 1 saturated carbocycles. The number of hydrogen-bond acceptors (Lipinski definition) is 11. The van der Waals surface area contributed by atoms with E-state index in [9.17, 15) is 28.1 Å². The Hall–Kier alpha value is -6.66. The molecule has 280 valence electrons. The number of nitrogens with zero attached hydrogens (tertiary/aromatic N) is 7. The van der Waals surface area contributed by atoms with Crippen LogP contribution in [0.5, 0.6) is 5.75 Å². The Balaban J connectivity index is 1.31. The number of fused-ring (bicyclic) bond motifs is 3. The summed E-state index contributed by atoms with van der Waals surface area (Å²) >= 11 is 0. The van der Waals surface area contributed by atoms with Crippen LogP contribution in [0, 0.1) is 16.1 Å². The lowest BCUT2D eigenvalue weighted by molar-refractivity contribution is -0.384. The molecule has 0 aliphatic heterocycles. The number of carbonyl (C=O) groups is 1. The van der Waals surface area contributed by atoms with Gasteiger partial charge < -0.3 is 15.2 Å². The first-order chi connectivity index (χ1) is 26.4. The first-order valence-corrected chi connectivity index (χ1v) is 18.4. The van der Waals surface area contributed by atoms with Gasteiger partial charge in [-0.05, 0) is 41.5 Å². The fourth-order valence-electron chi connectivity index (χ4n) is 7.05. The number of ether oxygens (including phenoxy) is 2. The van der Waals surface area contributed by atoms with Gasteiger partial charge in [-0.2, -0.15) is 4.39 Å². The van der Waals surface area contributed by atoms with Crippen molar-refractivity contribution in [1.82, 2.24) is 27.9 Å². The molecule has 0 amide bonds. The lowest BCUT2D eigenvalue weighted by atomic mass is 9.88. The summed E-state index contributed by atoms with van der Waals surface area (Å²) in [6.07, 6.45) is 1.51. The second-order valence-corrected chi connectivity index (χ2v) is 14.9. The SMILES string of the molecule is Cn1cc(-c2c(-c3cccc(CN)c3)c3c(ncc4c3n(C3CC(OC(=O)Oc5ccc([N+](=O)[O-])cc5)C3)c(=O)n4C)n2S(=O)(=O)c2ccccc2)c(F)n1. The first kappa shape index (κ1) is 35.4. The summed E-state index contributed by atoms with van der Waals surface area (Å²) < 4.78 is 61.2. The van der Waals surface area contributed by atoms with Crippen molar-refractivity contribution in [1.29, 1.82) is 0 Å². The highest BCUT2D eigenvalue weighted by molar-refractivity contribution is 7.90. The van der Waals surface area contributed by atoms with Crippen LogP contribution in [0.1, 0.15) is 24.4 Å². The minimum atomic E-state index is -4.48. The maximum absolute atomic E-state index is 15.9. The number of non-ortho nitro benzene ring substituents is 1. The van der Waals surface area contributed by atoms with Gasteiger partial charge in [0.15, 0.2) is 5.65 Å². The van der Waals surface area contributed by atoms with Gasteiger partial charge in [-0.1, -0.05) is 36.4 Å². The van der Waals surface area contributed by atoms with Crippen LogP contribution < -0.4 is 16.2 Å². The molecule has 0 atom stereocenters. The van der Waals surface area contributed by atoms with E-state index in [4.69, 9.17) is 15.2 Å². The number of hydrogen-bond donors (Lipinski definition) is 1. The summed E-state index contributed by atoms with van der Waals surface area (Å²) in [7, 11) is -1.40. The van der Waals surface area contributed by atoms with Gasteiger partial charge in [-0.3, -0.25) is 23.9 Å². The number of nitrogens with two attached hydrogens (primary N) is 1. The van der Waals surface area contributed by atoms with Gasteiger partial charge in [0.2, 0.25) is 5.95 Å². The summed E-state index contributed by atoms with van der Waals surface area (Å²) in [5.41, 5.74) is 7.43. The Kier molecular flexibility index (Phi) is 8.57. The average molecular weight is 767 g/mol. The monoisotopic (exact) mass is 766 g/mol. The van der Waals surface area contributed by atoms with Gasteiger partial charge in [-0.15, -0.1) is 5.10 Å². The fraction of sp³-hybridized carbons (Fsp3) is 0.189. The smallest absolute Gasteiger partial charge is 0.431 e. The molecule has 4 aromatic heterocycles. The van der Waals surface area contributed by atoms with E-state index < -0.39 is 44.9 Å². The molecule has 2 N–H and O–H groups in total. The van der Waals surface area contributed by atoms with E-state index in [-0.39, 0.29) is 63.6 Å². The third-order valence-electron chi connectivity index (χ3n) is 9.71. The van der Waals surface area contributed by atoms with Crippen molar-refractivity contribution in [3.63, 3.8) is 0 Å². The third-order valence-corrected chi connectivity index (χ3v) is 11.4. The number of halogens is 1. The molecule has 55 heavy (non-hydrogen) atoms. The van der Waals surface area contributed by atoms with Crippen LogP contribution >= 0.6 is 0 Å². The van der Waals surface area contributed by atoms with E-state index in [1.54, 1.807) is 49.5 Å². The second-order valence-electron chi connectivity index (χ2n) is 13.1. The Bertz CT molecular complexity index is 2840. The van der Waals surface area contributed by atoms with E-state index in [0.717, 1.165) is 3.97 Å². The zero-order chi connectivity index (χ0) is 38.8. The summed E-state index contributed by atoms with van der Waals surface area (Å²) in [5, 5.41) is 15.1. The Morgan fingerprint density at radius 3 is 2.44 bits per heavy atom. The topological polar surface area (TPSA) is 201 Å². The van der Waals surface area contributed by atoms with Crippen LogP contribution in [0.2, 0.25) is 0 Å². The number of rotatable bonds is 9. The molecule has 0 spiro atoms. The molecule has 3 aromatic carbocycles. The van der Waals surface area contributed by atoms with Crippen LogP contribution in [0.25, 0.3) is 44.5 Å². The standard InChI is InChI=1S/C37H31FN8O8S/c1-42-20-28(34(38)41-42)32-30(22-8-6-7-21(15-22)18-39)31-33-29(19-40-35(31)45(32)55(51,52)27-9-4-3-5-10-27)43(2)36(47)44(33)24-16-26(17-24)54-37(48)53-25-13-11-23(12-14-25)46(49)50/h3-15,19-20,24,26H,16-18,39H2,1-2H3. The minimum absolute atomic E-state index is 0.0497. The zero-order valence-electron chi connectivity index (χ0n) is 29.2. The van der Waals surface area contributed by atoms with Crippen molar-refractivity contribution in [2.45, 2.75) is 36.4 Å². The number of aromatic nitrogens is 6. The largest absolute Gasteiger partial charge is 0.514 e. The summed E-state index contributed by atoms with van der Waals surface area (Å²) in [4.78, 5) is 41.7. The molecule has 18 heteroatoms. The van der Waals surface area contributed by atoms with Gasteiger partial charge in [0.1, 0.15) is 11.9 Å². The van der Waals surface area contributed by atoms with E-state index in [1.807, 2.05) is 0 Å². The van der Waals surface area contributed by atoms with Crippen LogP contribution in [-0.2, 0) is 35.4 Å². The lowest BCUT2D eigenvalue weighted by Gasteiger charge is -2.35. The number of carbonyl (C=O) groups excluding carboxylic acids is 1. The number of nitro groups is 1. The Morgan fingerprint density at radius 1 is 1.05 bits per heavy atom. The third kappa shape index (κ3) is 5.91. The zero-order valence-corrected chi connectivity index (χ0v) is 30.0. The highest BCUT2D eigenvalue weighted by Crippen LogP contribution is 2.47. The van der Waals surface area contributed by atoms with Crippen LogP contribution in [0.3, 0.4) is 0 Å². The molecule has 4 heterocycles. The molecular weight excluding hydrogens is 736 g/mol. The molecule has 1 aliphatic rings. The van der Waals surface area contributed by atoms with Crippen LogP contribution in [0.15, 0.2) is 101 Å². The van der Waals surface area contributed by atoms with Crippen molar-refractivity contribution >= 4 is 43.9 Å². The quantitative estimate of drug-likeness (QED) is 0.0851. The van der Waals surface area contributed by atoms with Gasteiger partial charge in [0.05, 0.1) is 43.7 Å². The molecular formula is C37H31FN8O8S. The number of pyridine rings is 1. The molecule has 1 fully saturated rings. The van der Waals surface area contributed by atoms with E-state index >= 15 is 4.39 Å².